The van der Waals surface area contributed by atoms with Crippen LogP contribution in [-0.4, -0.2) is 43.6 Å². The van der Waals surface area contributed by atoms with Crippen molar-refractivity contribution in [3.05, 3.63) is 0 Å². The highest BCUT2D eigenvalue weighted by atomic mass is 28.4. The Labute approximate surface area is 135 Å². The molecule has 1 heterocycles. The first-order valence-electron chi connectivity index (χ1n) is 7.84. The van der Waals surface area contributed by atoms with Crippen molar-refractivity contribution in [3.63, 3.8) is 0 Å². The van der Waals surface area contributed by atoms with Gasteiger partial charge in [-0.05, 0) is 38.9 Å². The predicted octanol–water partition coefficient (Wildman–Crippen LogP) is 3.91. The molecule has 1 rings (SSSR count). The number of rotatable bonds is 2. The maximum atomic E-state index is 12.2. The van der Waals surface area contributed by atoms with Crippen molar-refractivity contribution in [3.8, 4) is 6.07 Å². The SMILES string of the molecule is CC(C)(C)OC(=O)N1C[C@H](O[Si](C)(C)C(C)(C)C)C[C@H]1C#N. The van der Waals surface area contributed by atoms with Crippen LogP contribution in [0.4, 0.5) is 4.79 Å². The minimum Gasteiger partial charge on any atom is -0.444 e. The molecule has 0 N–H and O–H groups in total. The average molecular weight is 327 g/mol. The monoisotopic (exact) mass is 326 g/mol. The van der Waals surface area contributed by atoms with E-state index in [0.29, 0.717) is 13.0 Å². The lowest BCUT2D eigenvalue weighted by molar-refractivity contribution is 0.0241. The van der Waals surface area contributed by atoms with Crippen LogP contribution in [0.15, 0.2) is 0 Å². The van der Waals surface area contributed by atoms with Gasteiger partial charge in [0.2, 0.25) is 0 Å². The highest BCUT2D eigenvalue weighted by Gasteiger charge is 2.44. The molecule has 1 aliphatic rings. The molecule has 0 radical (unpaired) electrons. The van der Waals surface area contributed by atoms with Gasteiger partial charge in [-0.3, -0.25) is 4.90 Å². The Bertz CT molecular complexity index is 457. The molecule has 1 amide bonds. The van der Waals surface area contributed by atoms with E-state index in [9.17, 15) is 10.1 Å². The fourth-order valence-corrected chi connectivity index (χ4v) is 3.48. The lowest BCUT2D eigenvalue weighted by Crippen LogP contribution is -2.45. The van der Waals surface area contributed by atoms with E-state index < -0.39 is 26.1 Å². The van der Waals surface area contributed by atoms with Gasteiger partial charge in [0.1, 0.15) is 11.6 Å². The Hall–Kier alpha value is -1.06. The number of hydrogen-bond donors (Lipinski definition) is 0. The van der Waals surface area contributed by atoms with Gasteiger partial charge in [0, 0.05) is 6.42 Å². The first-order valence-corrected chi connectivity index (χ1v) is 10.7. The van der Waals surface area contributed by atoms with Gasteiger partial charge in [0.15, 0.2) is 8.32 Å². The summed E-state index contributed by atoms with van der Waals surface area (Å²) in [5.41, 5.74) is -0.560. The molecule has 126 valence electrons. The van der Waals surface area contributed by atoms with Crippen LogP contribution in [0.2, 0.25) is 18.1 Å². The second kappa shape index (κ2) is 6.21. The van der Waals surface area contributed by atoms with E-state index in [1.807, 2.05) is 20.8 Å². The molecule has 1 aliphatic heterocycles. The Morgan fingerprint density at radius 2 is 1.77 bits per heavy atom. The molecular formula is C16H30N2O3Si. The van der Waals surface area contributed by atoms with Gasteiger partial charge in [-0.1, -0.05) is 20.8 Å². The number of likely N-dealkylation sites (tertiary alicyclic amines) is 1. The second-order valence-electron chi connectivity index (χ2n) is 8.51. The molecule has 5 nitrogen and oxygen atoms in total. The van der Waals surface area contributed by atoms with Crippen LogP contribution >= 0.6 is 0 Å². The third kappa shape index (κ3) is 4.72. The molecule has 0 unspecified atom stereocenters. The molecule has 2 atom stereocenters. The Morgan fingerprint density at radius 3 is 2.18 bits per heavy atom. The van der Waals surface area contributed by atoms with Gasteiger partial charge >= 0.3 is 6.09 Å². The van der Waals surface area contributed by atoms with E-state index in [4.69, 9.17) is 9.16 Å². The quantitative estimate of drug-likeness (QED) is 0.722. The summed E-state index contributed by atoms with van der Waals surface area (Å²) in [7, 11) is -1.91. The lowest BCUT2D eigenvalue weighted by atomic mass is 10.2. The summed E-state index contributed by atoms with van der Waals surface area (Å²) in [6.45, 7) is 16.8. The molecule has 6 heteroatoms. The molecule has 1 fully saturated rings. The molecule has 0 spiro atoms. The maximum absolute atomic E-state index is 12.2. The summed E-state index contributed by atoms with van der Waals surface area (Å²) in [6.07, 6.45) is 0.0425. The molecule has 0 bridgehead atoms. The van der Waals surface area contributed by atoms with E-state index in [1.54, 1.807) is 0 Å². The van der Waals surface area contributed by atoms with Crippen molar-refractivity contribution in [2.75, 3.05) is 6.54 Å². The molecular weight excluding hydrogens is 296 g/mol. The molecule has 22 heavy (non-hydrogen) atoms. The average Bonchev–Trinajstić information content (AvgIpc) is 2.67. The van der Waals surface area contributed by atoms with Crippen molar-refractivity contribution in [2.45, 2.75) is 83.8 Å². The minimum atomic E-state index is -1.91. The van der Waals surface area contributed by atoms with Gasteiger partial charge in [-0.25, -0.2) is 4.79 Å². The molecule has 0 aliphatic carbocycles. The highest BCUT2D eigenvalue weighted by molar-refractivity contribution is 6.74. The first kappa shape index (κ1) is 19.0. The summed E-state index contributed by atoms with van der Waals surface area (Å²) in [5, 5.41) is 9.42. The third-order valence-electron chi connectivity index (χ3n) is 4.31. The molecule has 1 saturated heterocycles. The van der Waals surface area contributed by atoms with Crippen LogP contribution in [0, 0.1) is 11.3 Å². The zero-order valence-electron chi connectivity index (χ0n) is 15.2. The van der Waals surface area contributed by atoms with E-state index in [0.717, 1.165) is 0 Å². The topological polar surface area (TPSA) is 62.6 Å². The van der Waals surface area contributed by atoms with Crippen LogP contribution in [0.3, 0.4) is 0 Å². The number of carbonyl (C=O) groups excluding carboxylic acids is 1. The number of hydrogen-bond acceptors (Lipinski definition) is 4. The molecule has 0 aromatic rings. The van der Waals surface area contributed by atoms with Crippen LogP contribution in [0.1, 0.15) is 48.0 Å². The van der Waals surface area contributed by atoms with Gasteiger partial charge in [0.05, 0.1) is 18.7 Å². The number of carbonyl (C=O) groups is 1. The van der Waals surface area contributed by atoms with Gasteiger partial charge in [-0.2, -0.15) is 5.26 Å². The Balaban J connectivity index is 2.78. The normalized spacial score (nSPS) is 23.3. The summed E-state index contributed by atoms with van der Waals surface area (Å²) in [5.74, 6) is 0. The van der Waals surface area contributed by atoms with Crippen molar-refractivity contribution in [1.29, 1.82) is 5.26 Å². The highest BCUT2D eigenvalue weighted by Crippen LogP contribution is 2.39. The van der Waals surface area contributed by atoms with Crippen molar-refractivity contribution in [1.82, 2.24) is 4.90 Å². The second-order valence-corrected chi connectivity index (χ2v) is 13.3. The van der Waals surface area contributed by atoms with E-state index >= 15 is 0 Å². The fraction of sp³-hybridized carbons (Fsp3) is 0.875. The molecule has 0 aromatic heterocycles. The van der Waals surface area contributed by atoms with Gasteiger partial charge < -0.3 is 9.16 Å². The number of amides is 1. The Kier molecular flexibility index (Phi) is 5.36. The first-order chi connectivity index (χ1) is 9.77. The van der Waals surface area contributed by atoms with E-state index in [-0.39, 0.29) is 11.1 Å². The predicted molar refractivity (Wildman–Crippen MR) is 89.0 cm³/mol. The van der Waals surface area contributed by atoms with Crippen LogP contribution < -0.4 is 0 Å². The van der Waals surface area contributed by atoms with Gasteiger partial charge in [0.25, 0.3) is 0 Å². The zero-order chi connectivity index (χ0) is 17.3. The number of ether oxygens (including phenoxy) is 1. The molecule has 0 saturated carbocycles. The van der Waals surface area contributed by atoms with E-state index in [2.05, 4.69) is 39.9 Å². The minimum absolute atomic E-state index is 0.0851. The summed E-state index contributed by atoms with van der Waals surface area (Å²) in [4.78, 5) is 13.7. The zero-order valence-corrected chi connectivity index (χ0v) is 16.2. The number of nitriles is 1. The largest absolute Gasteiger partial charge is 0.444 e. The van der Waals surface area contributed by atoms with Crippen LogP contribution in [0.5, 0.6) is 0 Å². The van der Waals surface area contributed by atoms with Gasteiger partial charge in [-0.15, -0.1) is 0 Å². The van der Waals surface area contributed by atoms with Crippen LogP contribution in [0.25, 0.3) is 0 Å². The fourth-order valence-electron chi connectivity index (χ4n) is 2.12. The lowest BCUT2D eigenvalue weighted by Gasteiger charge is -2.38. The summed E-state index contributed by atoms with van der Waals surface area (Å²) in [6, 6.07) is 1.73. The summed E-state index contributed by atoms with van der Waals surface area (Å²) < 4.78 is 11.7. The number of nitrogens with zero attached hydrogens (tertiary/aromatic N) is 2. The standard InChI is InChI=1S/C16H30N2O3Si/c1-15(2,3)20-14(19)18-11-13(9-12(18)10-17)21-22(7,8)16(4,5)6/h12-13H,9,11H2,1-8H3/t12-,13+/m0/s1. The van der Waals surface area contributed by atoms with E-state index in [1.165, 1.54) is 4.90 Å². The van der Waals surface area contributed by atoms with Crippen LogP contribution in [-0.2, 0) is 9.16 Å². The maximum Gasteiger partial charge on any atom is 0.411 e. The summed E-state index contributed by atoms with van der Waals surface area (Å²) >= 11 is 0. The Morgan fingerprint density at radius 1 is 1.23 bits per heavy atom. The van der Waals surface area contributed by atoms with Crippen molar-refractivity contribution >= 4 is 14.4 Å². The van der Waals surface area contributed by atoms with Crippen molar-refractivity contribution in [2.24, 2.45) is 0 Å². The van der Waals surface area contributed by atoms with Crippen molar-refractivity contribution < 1.29 is 14.0 Å². The molecule has 0 aromatic carbocycles. The smallest absolute Gasteiger partial charge is 0.411 e. The third-order valence-corrected chi connectivity index (χ3v) is 8.84.